The number of benzene rings is 2. The number of imidazole rings is 1. The number of carbonyl (C=O) groups is 2. The average Bonchev–Trinajstić information content (AvgIpc) is 3.36. The molecule has 0 spiro atoms. The highest BCUT2D eigenvalue weighted by atomic mass is 32.2. The first-order valence-electron chi connectivity index (χ1n) is 9.91. The third-order valence-electron chi connectivity index (χ3n) is 4.70. The van der Waals surface area contributed by atoms with Crippen molar-refractivity contribution in [2.45, 2.75) is 24.8 Å². The maximum absolute atomic E-state index is 12.7. The van der Waals surface area contributed by atoms with Crippen LogP contribution in [-0.2, 0) is 19.6 Å². The van der Waals surface area contributed by atoms with Gasteiger partial charge in [0.05, 0.1) is 21.5 Å². The Bertz CT molecular complexity index is 1530. The summed E-state index contributed by atoms with van der Waals surface area (Å²) in [6.45, 7) is 3.07. The van der Waals surface area contributed by atoms with Crippen molar-refractivity contribution in [1.82, 2.24) is 15.1 Å². The van der Waals surface area contributed by atoms with Gasteiger partial charge in [0.25, 0.3) is 15.9 Å². The molecule has 0 aliphatic rings. The molecule has 0 saturated heterocycles. The number of nitrogens with one attached hydrogen (secondary N) is 4. The second-order valence-corrected chi connectivity index (χ2v) is 9.01. The maximum atomic E-state index is 12.7. The van der Waals surface area contributed by atoms with Gasteiger partial charge in [0.1, 0.15) is 5.76 Å². The van der Waals surface area contributed by atoms with Crippen LogP contribution in [-0.4, -0.2) is 41.5 Å². The molecule has 2 aromatic heterocycles. The zero-order valence-corrected chi connectivity index (χ0v) is 18.7. The van der Waals surface area contributed by atoms with Crippen LogP contribution in [0.2, 0.25) is 0 Å². The molecule has 1 atom stereocenters. The van der Waals surface area contributed by atoms with Crippen LogP contribution in [0.3, 0.4) is 0 Å². The third-order valence-corrected chi connectivity index (χ3v) is 6.08. The largest absolute Gasteiger partial charge is 0.449 e. The molecule has 0 radical (unpaired) electrons. The predicted molar refractivity (Wildman–Crippen MR) is 121 cm³/mol. The Morgan fingerprint density at radius 3 is 2.44 bits per heavy atom. The lowest BCUT2D eigenvalue weighted by atomic mass is 10.2. The van der Waals surface area contributed by atoms with Crippen molar-refractivity contribution >= 4 is 44.4 Å². The molecule has 4 aromatic rings. The summed E-state index contributed by atoms with van der Waals surface area (Å²) >= 11 is 0. The molecular formula is C21H19N5O7S. The highest BCUT2D eigenvalue weighted by Gasteiger charge is 2.21. The molecule has 34 heavy (non-hydrogen) atoms. The van der Waals surface area contributed by atoms with Crippen molar-refractivity contribution in [3.8, 4) is 0 Å². The lowest BCUT2D eigenvalue weighted by Gasteiger charge is -2.13. The van der Waals surface area contributed by atoms with Crippen LogP contribution in [0.15, 0.2) is 62.7 Å². The summed E-state index contributed by atoms with van der Waals surface area (Å²) in [6.07, 6.45) is -1.11. The molecule has 13 heteroatoms. The van der Waals surface area contributed by atoms with Crippen LogP contribution in [0.25, 0.3) is 11.0 Å². The van der Waals surface area contributed by atoms with Gasteiger partial charge in [0.2, 0.25) is 0 Å². The van der Waals surface area contributed by atoms with Gasteiger partial charge in [0.15, 0.2) is 11.9 Å². The molecule has 4 rings (SSSR count). The van der Waals surface area contributed by atoms with Gasteiger partial charge < -0.3 is 24.5 Å². The Labute approximate surface area is 192 Å². The van der Waals surface area contributed by atoms with E-state index in [1.54, 1.807) is 6.92 Å². The molecule has 0 unspecified atom stereocenters. The number of hydrogen-bond donors (Lipinski definition) is 4. The normalized spacial score (nSPS) is 12.3. The van der Waals surface area contributed by atoms with E-state index in [0.29, 0.717) is 16.8 Å². The van der Waals surface area contributed by atoms with E-state index in [-0.39, 0.29) is 22.0 Å². The topological polar surface area (TPSA) is 176 Å². The molecule has 0 bridgehead atoms. The summed E-state index contributed by atoms with van der Waals surface area (Å²) in [7, 11) is -3.96. The Morgan fingerprint density at radius 1 is 1.06 bits per heavy atom. The molecule has 2 heterocycles. The number of H-pyrrole nitrogens is 2. The number of esters is 1. The highest BCUT2D eigenvalue weighted by Crippen LogP contribution is 2.20. The van der Waals surface area contributed by atoms with E-state index in [1.165, 1.54) is 55.5 Å². The van der Waals surface area contributed by atoms with E-state index < -0.39 is 33.7 Å². The number of amides is 1. The monoisotopic (exact) mass is 485 g/mol. The molecule has 0 aliphatic carbocycles. The summed E-state index contributed by atoms with van der Waals surface area (Å²) in [5.74, 6) is -0.651. The number of aromatic nitrogens is 3. The van der Waals surface area contributed by atoms with Gasteiger partial charge in [-0.15, -0.1) is 0 Å². The van der Waals surface area contributed by atoms with Gasteiger partial charge in [-0.25, -0.2) is 18.0 Å². The van der Waals surface area contributed by atoms with Crippen molar-refractivity contribution in [2.24, 2.45) is 0 Å². The number of sulfonamides is 1. The quantitative estimate of drug-likeness (QED) is 0.288. The van der Waals surface area contributed by atoms with Crippen molar-refractivity contribution in [1.29, 1.82) is 0 Å². The lowest BCUT2D eigenvalue weighted by molar-refractivity contribution is -0.123. The minimum absolute atomic E-state index is 0.0547. The Morgan fingerprint density at radius 2 is 1.76 bits per heavy atom. The molecule has 12 nitrogen and oxygen atoms in total. The number of carbonyl (C=O) groups excluding carboxylic acids is 2. The Hall–Kier alpha value is -4.39. The van der Waals surface area contributed by atoms with Crippen molar-refractivity contribution in [3.63, 3.8) is 0 Å². The SMILES string of the molecule is Cc1cc(NC(=O)[C@@H](C)OC(=O)c2ccc(NS(=O)(=O)c3ccc4[nH]c(=O)[nH]c4c3)cc2)no1. The molecule has 0 saturated carbocycles. The van der Waals surface area contributed by atoms with E-state index >= 15 is 0 Å². The van der Waals surface area contributed by atoms with Crippen LogP contribution in [0.4, 0.5) is 11.5 Å². The van der Waals surface area contributed by atoms with Gasteiger partial charge in [-0.1, -0.05) is 5.16 Å². The van der Waals surface area contributed by atoms with Gasteiger partial charge in [-0.05, 0) is 56.3 Å². The number of fused-ring (bicyclic) bond motifs is 1. The number of hydrogen-bond acceptors (Lipinski definition) is 8. The zero-order chi connectivity index (χ0) is 24.5. The minimum atomic E-state index is -3.96. The molecule has 1 amide bonds. The van der Waals surface area contributed by atoms with E-state index in [1.807, 2.05) is 0 Å². The molecule has 0 aliphatic heterocycles. The molecular weight excluding hydrogens is 466 g/mol. The summed E-state index contributed by atoms with van der Waals surface area (Å²) in [4.78, 5) is 40.9. The van der Waals surface area contributed by atoms with E-state index in [0.717, 1.165) is 0 Å². The van der Waals surface area contributed by atoms with E-state index in [4.69, 9.17) is 9.26 Å². The highest BCUT2D eigenvalue weighted by molar-refractivity contribution is 7.92. The fourth-order valence-corrected chi connectivity index (χ4v) is 4.09. The molecule has 176 valence electrons. The van der Waals surface area contributed by atoms with Crippen molar-refractivity contribution < 1.29 is 27.3 Å². The van der Waals surface area contributed by atoms with E-state index in [2.05, 4.69) is 25.2 Å². The van der Waals surface area contributed by atoms with Crippen LogP contribution in [0, 0.1) is 6.92 Å². The van der Waals surface area contributed by atoms with Crippen LogP contribution in [0.5, 0.6) is 0 Å². The average molecular weight is 485 g/mol. The van der Waals surface area contributed by atoms with Gasteiger partial charge in [-0.2, -0.15) is 0 Å². The van der Waals surface area contributed by atoms with Crippen molar-refractivity contribution in [2.75, 3.05) is 10.0 Å². The Kier molecular flexibility index (Phi) is 5.94. The summed E-state index contributed by atoms with van der Waals surface area (Å²) < 4.78 is 37.8. The smallest absolute Gasteiger partial charge is 0.338 e. The Balaban J connectivity index is 1.40. The summed E-state index contributed by atoms with van der Waals surface area (Å²) in [5, 5.41) is 6.09. The van der Waals surface area contributed by atoms with Crippen molar-refractivity contribution in [3.05, 3.63) is 70.3 Å². The summed E-state index contributed by atoms with van der Waals surface area (Å²) in [6, 6.07) is 11.2. The first-order valence-corrected chi connectivity index (χ1v) is 11.4. The van der Waals surface area contributed by atoms with Crippen LogP contribution in [0.1, 0.15) is 23.0 Å². The molecule has 0 fully saturated rings. The fraction of sp³-hybridized carbons (Fsp3) is 0.143. The maximum Gasteiger partial charge on any atom is 0.338 e. The number of rotatable bonds is 7. The number of nitrogens with zero attached hydrogens (tertiary/aromatic N) is 1. The standard InChI is InChI=1S/C21H19N5O7S/c1-11-9-18(25-33-11)24-19(27)12(2)32-20(28)13-3-5-14(6-4-13)26-34(30,31)15-7-8-16-17(10-15)23-21(29)22-16/h3-10,12,26H,1-2H3,(H2,22,23,29)(H,24,25,27)/t12-/m1/s1. The van der Waals surface area contributed by atoms with E-state index in [9.17, 15) is 22.8 Å². The van der Waals surface area contributed by atoms with Gasteiger partial charge >= 0.3 is 11.7 Å². The van der Waals surface area contributed by atoms with Gasteiger partial charge in [0, 0.05) is 11.8 Å². The second kappa shape index (κ2) is 8.86. The lowest BCUT2D eigenvalue weighted by Crippen LogP contribution is -2.30. The zero-order valence-electron chi connectivity index (χ0n) is 17.9. The number of ether oxygens (including phenoxy) is 1. The van der Waals surface area contributed by atoms with Crippen LogP contribution < -0.4 is 15.7 Å². The molecule has 4 N–H and O–H groups in total. The number of anilines is 2. The van der Waals surface area contributed by atoms with Gasteiger partial charge in [-0.3, -0.25) is 9.52 Å². The fourth-order valence-electron chi connectivity index (χ4n) is 3.00. The second-order valence-electron chi connectivity index (χ2n) is 7.33. The first-order chi connectivity index (χ1) is 16.1. The minimum Gasteiger partial charge on any atom is -0.449 e. The molecule has 2 aromatic carbocycles. The predicted octanol–water partition coefficient (Wildman–Crippen LogP) is 2.14. The summed E-state index contributed by atoms with van der Waals surface area (Å²) in [5.41, 5.74) is 0.700. The van der Waals surface area contributed by atoms with Crippen LogP contribution >= 0.6 is 0 Å². The number of aryl methyl sites for hydroxylation is 1. The number of aromatic amines is 2. The first kappa shape index (κ1) is 22.8. The third kappa shape index (κ3) is 4.99.